The molecule has 1 saturated heterocycles. The van der Waals surface area contributed by atoms with E-state index >= 15 is 0 Å². The summed E-state index contributed by atoms with van der Waals surface area (Å²) in [6, 6.07) is 0. The fraction of sp³-hybridized carbons (Fsp3) is 0.696. The first kappa shape index (κ1) is 27.5. The second kappa shape index (κ2) is 11.0. The normalized spacial score (nSPS) is 18.0. The minimum atomic E-state index is -0.401. The van der Waals surface area contributed by atoms with Gasteiger partial charge >= 0.3 is 13.2 Å². The van der Waals surface area contributed by atoms with Gasteiger partial charge < -0.3 is 18.9 Å². The second-order valence-corrected chi connectivity index (χ2v) is 9.61. The molecule has 1 amide bonds. The van der Waals surface area contributed by atoms with Crippen molar-refractivity contribution in [3.63, 3.8) is 0 Å². The highest BCUT2D eigenvalue weighted by Gasteiger charge is 2.51. The molecule has 0 aromatic rings. The van der Waals surface area contributed by atoms with Crippen molar-refractivity contribution in [1.29, 1.82) is 0 Å². The minimum Gasteiger partial charge on any atom is -0.444 e. The summed E-state index contributed by atoms with van der Waals surface area (Å²) in [6.07, 6.45) is 5.09. The van der Waals surface area contributed by atoms with E-state index in [9.17, 15) is 4.79 Å². The third kappa shape index (κ3) is 9.22. The smallest absolute Gasteiger partial charge is 0.444 e. The summed E-state index contributed by atoms with van der Waals surface area (Å²) in [4.78, 5) is 13.4. The molecule has 0 aromatic heterocycles. The Morgan fingerprint density at radius 2 is 1.62 bits per heavy atom. The molecule has 1 fully saturated rings. The number of amides is 1. The SMILES string of the molecule is C=C/C=C(\C=C)B1OC(C)(C)C(C)(C)O1.CCN(CC(C)C)C(=O)OC(C)(C)C. The molecule has 1 aliphatic heterocycles. The number of hydrogen-bond donors (Lipinski definition) is 0. The summed E-state index contributed by atoms with van der Waals surface area (Å²) in [5.74, 6) is 0.475. The van der Waals surface area contributed by atoms with Crippen LogP contribution in [0.2, 0.25) is 0 Å². The van der Waals surface area contributed by atoms with Crippen molar-refractivity contribution in [3.8, 4) is 0 Å². The molecule has 1 rings (SSSR count). The number of hydrogen-bond acceptors (Lipinski definition) is 4. The molecule has 0 aromatic carbocycles. The largest absolute Gasteiger partial charge is 0.494 e. The van der Waals surface area contributed by atoms with Gasteiger partial charge in [0, 0.05) is 13.1 Å². The number of nitrogens with zero attached hydrogens (tertiary/aromatic N) is 1. The molecule has 0 unspecified atom stereocenters. The number of rotatable bonds is 6. The van der Waals surface area contributed by atoms with Crippen molar-refractivity contribution in [2.45, 2.75) is 86.0 Å². The lowest BCUT2D eigenvalue weighted by atomic mass is 9.78. The Morgan fingerprint density at radius 1 is 1.14 bits per heavy atom. The zero-order chi connectivity index (χ0) is 23.0. The van der Waals surface area contributed by atoms with E-state index in [1.165, 1.54) is 0 Å². The Labute approximate surface area is 179 Å². The molecule has 0 bridgehead atoms. The highest BCUT2D eigenvalue weighted by molar-refractivity contribution is 6.55. The standard InChI is InChI=1S/C12H19BO2.C11H23NO2/c1-7-9-10(8-2)13-14-11(3,4)12(5,6)15-13;1-7-12(8-9(2)3)10(13)14-11(4,5)6/h7-9H,1-2H2,3-6H3;9H,7-8H2,1-6H3/b10-9+;. The Kier molecular flexibility index (Phi) is 10.4. The van der Waals surface area contributed by atoms with E-state index in [2.05, 4.69) is 27.0 Å². The van der Waals surface area contributed by atoms with Crippen molar-refractivity contribution in [2.24, 2.45) is 5.92 Å². The average Bonchev–Trinajstić information content (AvgIpc) is 2.76. The van der Waals surface area contributed by atoms with Gasteiger partial charge in [0.2, 0.25) is 0 Å². The molecule has 0 N–H and O–H groups in total. The maximum atomic E-state index is 11.6. The predicted octanol–water partition coefficient (Wildman–Crippen LogP) is 5.82. The molecule has 5 nitrogen and oxygen atoms in total. The van der Waals surface area contributed by atoms with E-state index in [-0.39, 0.29) is 24.4 Å². The van der Waals surface area contributed by atoms with E-state index in [4.69, 9.17) is 14.0 Å². The number of carbonyl (C=O) groups excluding carboxylic acids is 1. The summed E-state index contributed by atoms with van der Waals surface area (Å²) < 4.78 is 17.0. The Bertz CT molecular complexity index is 572. The number of carbonyl (C=O) groups is 1. The lowest BCUT2D eigenvalue weighted by Gasteiger charge is -2.32. The number of ether oxygens (including phenoxy) is 1. The van der Waals surface area contributed by atoms with Gasteiger partial charge in [0.1, 0.15) is 5.60 Å². The lowest BCUT2D eigenvalue weighted by molar-refractivity contribution is 0.00578. The molecule has 0 radical (unpaired) electrons. The van der Waals surface area contributed by atoms with Crippen molar-refractivity contribution in [1.82, 2.24) is 4.90 Å². The average molecular weight is 407 g/mol. The monoisotopic (exact) mass is 407 g/mol. The number of allylic oxidation sites excluding steroid dienone is 4. The molecule has 166 valence electrons. The van der Waals surface area contributed by atoms with Gasteiger partial charge in [-0.05, 0) is 66.8 Å². The summed E-state index contributed by atoms with van der Waals surface area (Å²) in [5.41, 5.74) is -0.104. The Balaban J connectivity index is 0.000000543. The topological polar surface area (TPSA) is 48.0 Å². The molecular weight excluding hydrogens is 365 g/mol. The van der Waals surface area contributed by atoms with Crippen molar-refractivity contribution < 1.29 is 18.8 Å². The van der Waals surface area contributed by atoms with Crippen LogP contribution in [0.1, 0.15) is 69.2 Å². The van der Waals surface area contributed by atoms with Crippen LogP contribution in [0.5, 0.6) is 0 Å². The predicted molar refractivity (Wildman–Crippen MR) is 123 cm³/mol. The second-order valence-electron chi connectivity index (χ2n) is 9.61. The van der Waals surface area contributed by atoms with E-state index < -0.39 is 5.60 Å². The van der Waals surface area contributed by atoms with Crippen LogP contribution in [0.4, 0.5) is 4.79 Å². The van der Waals surface area contributed by atoms with E-state index in [0.29, 0.717) is 12.5 Å². The fourth-order valence-corrected chi connectivity index (χ4v) is 2.46. The highest BCUT2D eigenvalue weighted by Crippen LogP contribution is 2.38. The minimum absolute atomic E-state index is 0.214. The zero-order valence-corrected chi connectivity index (χ0v) is 20.3. The first-order valence-corrected chi connectivity index (χ1v) is 10.4. The Morgan fingerprint density at radius 3 is 1.93 bits per heavy atom. The van der Waals surface area contributed by atoms with Crippen LogP contribution in [0.3, 0.4) is 0 Å². The third-order valence-corrected chi connectivity index (χ3v) is 4.69. The maximum absolute atomic E-state index is 11.6. The zero-order valence-electron chi connectivity index (χ0n) is 20.3. The highest BCUT2D eigenvalue weighted by atomic mass is 16.7. The van der Waals surface area contributed by atoms with E-state index in [1.807, 2.05) is 61.5 Å². The molecule has 6 heteroatoms. The van der Waals surface area contributed by atoms with E-state index in [0.717, 1.165) is 12.0 Å². The summed E-state index contributed by atoms with van der Waals surface area (Å²) >= 11 is 0. The van der Waals surface area contributed by atoms with Gasteiger partial charge in [-0.1, -0.05) is 45.2 Å². The van der Waals surface area contributed by atoms with Crippen LogP contribution in [0.15, 0.2) is 36.9 Å². The molecule has 0 saturated carbocycles. The van der Waals surface area contributed by atoms with Crippen LogP contribution >= 0.6 is 0 Å². The first-order valence-electron chi connectivity index (χ1n) is 10.4. The quantitative estimate of drug-likeness (QED) is 0.411. The molecule has 1 aliphatic rings. The lowest BCUT2D eigenvalue weighted by Crippen LogP contribution is -2.41. The molecular formula is C23H42BNO4. The van der Waals surface area contributed by atoms with Gasteiger partial charge in [-0.3, -0.25) is 0 Å². The van der Waals surface area contributed by atoms with Crippen molar-refractivity contribution >= 4 is 13.2 Å². The molecule has 1 heterocycles. The van der Waals surface area contributed by atoms with Gasteiger partial charge in [-0.2, -0.15) is 0 Å². The van der Waals surface area contributed by atoms with Crippen LogP contribution in [-0.2, 0) is 14.0 Å². The summed E-state index contributed by atoms with van der Waals surface area (Å²) in [5, 5.41) is 0. The van der Waals surface area contributed by atoms with Gasteiger partial charge in [-0.15, -0.1) is 0 Å². The van der Waals surface area contributed by atoms with Crippen molar-refractivity contribution in [3.05, 3.63) is 36.9 Å². The van der Waals surface area contributed by atoms with Gasteiger partial charge in [0.05, 0.1) is 11.2 Å². The van der Waals surface area contributed by atoms with Gasteiger partial charge in [0.15, 0.2) is 0 Å². The molecule has 0 aliphatic carbocycles. The van der Waals surface area contributed by atoms with Crippen molar-refractivity contribution in [2.75, 3.05) is 13.1 Å². The maximum Gasteiger partial charge on any atom is 0.494 e. The Hall–Kier alpha value is -1.53. The fourth-order valence-electron chi connectivity index (χ4n) is 2.46. The van der Waals surface area contributed by atoms with Gasteiger partial charge in [0.25, 0.3) is 0 Å². The van der Waals surface area contributed by atoms with Crippen LogP contribution in [0, 0.1) is 5.92 Å². The first-order chi connectivity index (χ1) is 13.1. The summed E-state index contributed by atoms with van der Waals surface area (Å²) in [6.45, 7) is 28.8. The third-order valence-electron chi connectivity index (χ3n) is 4.69. The van der Waals surface area contributed by atoms with E-state index in [1.54, 1.807) is 17.1 Å². The van der Waals surface area contributed by atoms with Crippen LogP contribution in [0.25, 0.3) is 0 Å². The van der Waals surface area contributed by atoms with Crippen LogP contribution in [-0.4, -0.2) is 48.0 Å². The summed E-state index contributed by atoms with van der Waals surface area (Å²) in [7, 11) is -0.342. The van der Waals surface area contributed by atoms with Gasteiger partial charge in [-0.25, -0.2) is 4.79 Å². The molecule has 29 heavy (non-hydrogen) atoms. The molecule has 0 atom stereocenters. The van der Waals surface area contributed by atoms with Crippen LogP contribution < -0.4 is 0 Å². The molecule has 0 spiro atoms.